The van der Waals surface area contributed by atoms with Crippen molar-refractivity contribution in [3.05, 3.63) is 71.3 Å². The second-order valence-electron chi connectivity index (χ2n) is 5.39. The number of carbonyl (C=O) groups is 2. The molecule has 0 aliphatic rings. The van der Waals surface area contributed by atoms with Crippen LogP contribution in [0.1, 0.15) is 10.5 Å². The molecule has 1 heterocycles. The lowest BCUT2D eigenvalue weighted by atomic mass is 10.2. The molecule has 0 atom stereocenters. The number of primary amides is 1. The number of hydrogen-bond donors (Lipinski definition) is 3. The van der Waals surface area contributed by atoms with Gasteiger partial charge in [0.1, 0.15) is 11.4 Å². The van der Waals surface area contributed by atoms with Crippen LogP contribution >= 0.6 is 12.2 Å². The maximum absolute atomic E-state index is 12.7. The van der Waals surface area contributed by atoms with Crippen molar-refractivity contribution in [2.24, 2.45) is 5.73 Å². The van der Waals surface area contributed by atoms with Gasteiger partial charge in [-0.25, -0.2) is 0 Å². The zero-order valence-corrected chi connectivity index (χ0v) is 14.5. The Labute approximate surface area is 154 Å². The minimum absolute atomic E-state index is 0.234. The summed E-state index contributed by atoms with van der Waals surface area (Å²) < 4.78 is 7.31. The van der Waals surface area contributed by atoms with E-state index in [2.05, 4.69) is 10.3 Å². The van der Waals surface area contributed by atoms with Crippen LogP contribution in [0.3, 0.4) is 0 Å². The number of anilines is 1. The molecule has 3 rings (SSSR count). The van der Waals surface area contributed by atoms with Crippen LogP contribution in [-0.4, -0.2) is 28.0 Å². The standard InChI is InChI=1S/C18H16N4O3S/c19-16(23)11-25-14-8-4-5-12(9-14)21-17(24)15-10-20-18(26)22(15)13-6-2-1-3-7-13/h1-10H,11H2,(H2,19,23)(H,20,26)(H,21,24). The molecular formula is C18H16N4O3S. The molecule has 3 aromatic rings. The van der Waals surface area contributed by atoms with Crippen LogP contribution in [0.5, 0.6) is 5.75 Å². The molecule has 0 unspecified atom stereocenters. The van der Waals surface area contributed by atoms with E-state index in [1.807, 2.05) is 30.3 Å². The number of H-pyrrole nitrogens is 1. The molecule has 0 saturated heterocycles. The number of nitrogens with one attached hydrogen (secondary N) is 2. The Balaban J connectivity index is 1.83. The predicted molar refractivity (Wildman–Crippen MR) is 100 cm³/mol. The van der Waals surface area contributed by atoms with Gasteiger partial charge in [-0.2, -0.15) is 0 Å². The summed E-state index contributed by atoms with van der Waals surface area (Å²) in [5, 5.41) is 2.79. The van der Waals surface area contributed by atoms with Crippen LogP contribution in [0.25, 0.3) is 5.69 Å². The maximum atomic E-state index is 12.7. The number of nitrogens with zero attached hydrogens (tertiary/aromatic N) is 1. The Morgan fingerprint density at radius 2 is 1.92 bits per heavy atom. The molecule has 7 nitrogen and oxygen atoms in total. The molecule has 0 radical (unpaired) electrons. The summed E-state index contributed by atoms with van der Waals surface area (Å²) in [4.78, 5) is 26.4. The number of carbonyl (C=O) groups excluding carboxylic acids is 2. The Morgan fingerprint density at radius 3 is 2.65 bits per heavy atom. The summed E-state index contributed by atoms with van der Waals surface area (Å²) in [6.45, 7) is -0.234. The lowest BCUT2D eigenvalue weighted by molar-refractivity contribution is -0.119. The fraction of sp³-hybridized carbons (Fsp3) is 0.0556. The van der Waals surface area contributed by atoms with E-state index in [9.17, 15) is 9.59 Å². The van der Waals surface area contributed by atoms with E-state index < -0.39 is 5.91 Å². The van der Waals surface area contributed by atoms with Crippen LogP contribution in [-0.2, 0) is 4.79 Å². The van der Waals surface area contributed by atoms with E-state index in [1.165, 1.54) is 0 Å². The van der Waals surface area contributed by atoms with Crippen molar-refractivity contribution in [1.29, 1.82) is 0 Å². The fourth-order valence-corrected chi connectivity index (χ4v) is 2.65. The third-order valence-electron chi connectivity index (χ3n) is 3.50. The molecule has 2 amide bonds. The van der Waals surface area contributed by atoms with Gasteiger partial charge < -0.3 is 20.8 Å². The number of amides is 2. The van der Waals surface area contributed by atoms with Gasteiger partial charge in [-0.05, 0) is 36.5 Å². The SMILES string of the molecule is NC(=O)COc1cccc(NC(=O)c2c[nH]c(=S)n2-c2ccccc2)c1. The zero-order valence-electron chi connectivity index (χ0n) is 13.6. The number of nitrogens with two attached hydrogens (primary N) is 1. The molecule has 0 saturated carbocycles. The Morgan fingerprint density at radius 1 is 1.15 bits per heavy atom. The minimum atomic E-state index is -0.575. The quantitative estimate of drug-likeness (QED) is 0.582. The minimum Gasteiger partial charge on any atom is -0.484 e. The van der Waals surface area contributed by atoms with Gasteiger partial charge in [-0.1, -0.05) is 24.3 Å². The summed E-state index contributed by atoms with van der Waals surface area (Å²) in [6, 6.07) is 16.0. The smallest absolute Gasteiger partial charge is 0.274 e. The van der Waals surface area contributed by atoms with Crippen molar-refractivity contribution in [3.8, 4) is 11.4 Å². The fourth-order valence-electron chi connectivity index (χ4n) is 2.38. The monoisotopic (exact) mass is 368 g/mol. The highest BCUT2D eigenvalue weighted by Gasteiger charge is 2.14. The Kier molecular flexibility index (Phi) is 5.14. The first-order chi connectivity index (χ1) is 12.5. The van der Waals surface area contributed by atoms with Crippen molar-refractivity contribution < 1.29 is 14.3 Å². The highest BCUT2D eigenvalue weighted by Crippen LogP contribution is 2.19. The number of imidazole rings is 1. The van der Waals surface area contributed by atoms with Gasteiger partial charge in [-0.3, -0.25) is 14.2 Å². The molecule has 2 aromatic carbocycles. The molecule has 0 aliphatic heterocycles. The second-order valence-corrected chi connectivity index (χ2v) is 5.77. The summed E-state index contributed by atoms with van der Waals surface area (Å²) in [5.41, 5.74) is 6.72. The predicted octanol–water partition coefficient (Wildman–Crippen LogP) is 2.65. The number of aromatic amines is 1. The van der Waals surface area contributed by atoms with E-state index in [4.69, 9.17) is 22.7 Å². The van der Waals surface area contributed by atoms with Crippen LogP contribution in [0.15, 0.2) is 60.8 Å². The third kappa shape index (κ3) is 3.98. The molecule has 0 bridgehead atoms. The molecule has 4 N–H and O–H groups in total. The molecule has 132 valence electrons. The Bertz CT molecular complexity index is 995. The number of hydrogen-bond acceptors (Lipinski definition) is 4. The van der Waals surface area contributed by atoms with Gasteiger partial charge in [0.15, 0.2) is 11.4 Å². The number of para-hydroxylation sites is 1. The average Bonchev–Trinajstić information content (AvgIpc) is 3.03. The molecule has 0 aliphatic carbocycles. The molecule has 26 heavy (non-hydrogen) atoms. The van der Waals surface area contributed by atoms with Crippen molar-refractivity contribution in [1.82, 2.24) is 9.55 Å². The van der Waals surface area contributed by atoms with E-state index >= 15 is 0 Å². The molecule has 0 fully saturated rings. The van der Waals surface area contributed by atoms with Crippen LogP contribution in [0.2, 0.25) is 0 Å². The van der Waals surface area contributed by atoms with Crippen molar-refractivity contribution in [2.75, 3.05) is 11.9 Å². The number of benzene rings is 2. The van der Waals surface area contributed by atoms with Gasteiger partial charge in [0.2, 0.25) is 0 Å². The normalized spacial score (nSPS) is 10.3. The Hall–Kier alpha value is -3.39. The number of aromatic nitrogens is 2. The van der Waals surface area contributed by atoms with E-state index in [-0.39, 0.29) is 12.5 Å². The van der Waals surface area contributed by atoms with Gasteiger partial charge in [0.25, 0.3) is 11.8 Å². The molecule has 8 heteroatoms. The van der Waals surface area contributed by atoms with Crippen molar-refractivity contribution >= 4 is 29.7 Å². The van der Waals surface area contributed by atoms with Crippen molar-refractivity contribution in [2.45, 2.75) is 0 Å². The third-order valence-corrected chi connectivity index (χ3v) is 3.80. The first kappa shape index (κ1) is 17.4. The summed E-state index contributed by atoms with van der Waals surface area (Å²) in [6.07, 6.45) is 1.55. The van der Waals surface area contributed by atoms with Gasteiger partial charge in [0.05, 0.1) is 0 Å². The lowest BCUT2D eigenvalue weighted by Crippen LogP contribution is -2.20. The van der Waals surface area contributed by atoms with Gasteiger partial charge >= 0.3 is 0 Å². The molecular weight excluding hydrogens is 352 g/mol. The summed E-state index contributed by atoms with van der Waals surface area (Å²) in [5.74, 6) is -0.488. The molecule has 0 spiro atoms. The first-order valence-electron chi connectivity index (χ1n) is 7.73. The highest BCUT2D eigenvalue weighted by atomic mass is 32.1. The number of ether oxygens (including phenoxy) is 1. The summed E-state index contributed by atoms with van der Waals surface area (Å²) in [7, 11) is 0. The molecule has 1 aromatic heterocycles. The summed E-state index contributed by atoms with van der Waals surface area (Å²) >= 11 is 5.28. The van der Waals surface area contributed by atoms with Crippen molar-refractivity contribution in [3.63, 3.8) is 0 Å². The van der Waals surface area contributed by atoms with Crippen LogP contribution in [0.4, 0.5) is 5.69 Å². The van der Waals surface area contributed by atoms with Crippen LogP contribution in [0, 0.1) is 4.77 Å². The number of rotatable bonds is 6. The highest BCUT2D eigenvalue weighted by molar-refractivity contribution is 7.71. The van der Waals surface area contributed by atoms with Gasteiger partial charge in [0, 0.05) is 23.6 Å². The van der Waals surface area contributed by atoms with E-state index in [0.29, 0.717) is 21.9 Å². The van der Waals surface area contributed by atoms with E-state index in [1.54, 1.807) is 35.0 Å². The average molecular weight is 368 g/mol. The van der Waals surface area contributed by atoms with Gasteiger partial charge in [-0.15, -0.1) is 0 Å². The lowest BCUT2D eigenvalue weighted by Gasteiger charge is -2.10. The largest absolute Gasteiger partial charge is 0.484 e. The topological polar surface area (TPSA) is 102 Å². The first-order valence-corrected chi connectivity index (χ1v) is 8.14. The zero-order chi connectivity index (χ0) is 18.5. The maximum Gasteiger partial charge on any atom is 0.274 e. The van der Waals surface area contributed by atoms with E-state index in [0.717, 1.165) is 5.69 Å². The second kappa shape index (κ2) is 7.66. The van der Waals surface area contributed by atoms with Crippen LogP contribution < -0.4 is 15.8 Å².